The number of carboxylic acids is 1. The van der Waals surface area contributed by atoms with Crippen molar-refractivity contribution < 1.29 is 9.90 Å². The third kappa shape index (κ3) is 2.79. The summed E-state index contributed by atoms with van der Waals surface area (Å²) in [6, 6.07) is 10.1. The zero-order valence-corrected chi connectivity index (χ0v) is 11.8. The molecule has 0 unspecified atom stereocenters. The molecule has 2 aromatic rings. The van der Waals surface area contributed by atoms with Crippen molar-refractivity contribution in [1.82, 2.24) is 4.57 Å². The van der Waals surface area contributed by atoms with Gasteiger partial charge in [-0.15, -0.1) is 0 Å². The van der Waals surface area contributed by atoms with Crippen molar-refractivity contribution in [3.05, 3.63) is 64.1 Å². The molecule has 0 radical (unpaired) electrons. The van der Waals surface area contributed by atoms with Crippen LogP contribution in [0.4, 0.5) is 0 Å². The summed E-state index contributed by atoms with van der Waals surface area (Å²) in [5.41, 5.74) is 1.68. The standard InChI is InChI=1S/C16H17NO3/c1-16(2,3)12-5-7-13(8-6-12)17-10-11(15(19)20)4-9-14(17)18/h4-10H,1-3H3,(H,19,20). The number of hydrogen-bond donors (Lipinski definition) is 1. The lowest BCUT2D eigenvalue weighted by Crippen LogP contribution is -2.18. The van der Waals surface area contributed by atoms with Gasteiger partial charge in [0.15, 0.2) is 0 Å². The maximum atomic E-state index is 11.8. The van der Waals surface area contributed by atoms with E-state index < -0.39 is 5.97 Å². The van der Waals surface area contributed by atoms with Crippen LogP contribution in [-0.2, 0) is 5.41 Å². The summed E-state index contributed by atoms with van der Waals surface area (Å²) in [4.78, 5) is 22.8. The number of rotatable bonds is 2. The Labute approximate surface area is 117 Å². The van der Waals surface area contributed by atoms with Gasteiger partial charge < -0.3 is 5.11 Å². The van der Waals surface area contributed by atoms with E-state index in [-0.39, 0.29) is 16.5 Å². The van der Waals surface area contributed by atoms with Gasteiger partial charge in [-0.2, -0.15) is 0 Å². The minimum atomic E-state index is -1.05. The number of hydrogen-bond acceptors (Lipinski definition) is 2. The third-order valence-corrected chi connectivity index (χ3v) is 3.17. The quantitative estimate of drug-likeness (QED) is 0.913. The molecule has 0 saturated heterocycles. The molecular weight excluding hydrogens is 254 g/mol. The molecule has 0 saturated carbocycles. The van der Waals surface area contributed by atoms with E-state index in [0.717, 1.165) is 5.56 Å². The Bertz CT molecular complexity index is 691. The minimum absolute atomic E-state index is 0.0341. The summed E-state index contributed by atoms with van der Waals surface area (Å²) in [6.45, 7) is 6.33. The predicted octanol–water partition coefficient (Wildman–Crippen LogP) is 2.83. The first-order valence-corrected chi connectivity index (χ1v) is 6.36. The second-order valence-electron chi connectivity index (χ2n) is 5.73. The summed E-state index contributed by atoms with van der Waals surface area (Å²) in [6.07, 6.45) is 1.34. The van der Waals surface area contributed by atoms with Crippen LogP contribution in [0, 0.1) is 0 Å². The number of aromatic carboxylic acids is 1. The molecule has 0 aliphatic carbocycles. The first kappa shape index (κ1) is 14.1. The summed E-state index contributed by atoms with van der Waals surface area (Å²) in [5.74, 6) is -1.05. The average molecular weight is 271 g/mol. The molecule has 0 bridgehead atoms. The Kier molecular flexibility index (Phi) is 3.49. The van der Waals surface area contributed by atoms with E-state index >= 15 is 0 Å². The van der Waals surface area contributed by atoms with Crippen LogP contribution in [0.1, 0.15) is 36.7 Å². The van der Waals surface area contributed by atoms with E-state index in [1.165, 1.54) is 22.9 Å². The Morgan fingerprint density at radius 2 is 1.65 bits per heavy atom. The molecular formula is C16H17NO3. The van der Waals surface area contributed by atoms with E-state index in [0.29, 0.717) is 5.69 Å². The molecule has 1 aromatic heterocycles. The van der Waals surface area contributed by atoms with E-state index in [4.69, 9.17) is 5.11 Å². The molecule has 4 heteroatoms. The van der Waals surface area contributed by atoms with Crippen LogP contribution >= 0.6 is 0 Å². The van der Waals surface area contributed by atoms with E-state index in [9.17, 15) is 9.59 Å². The Balaban J connectivity index is 2.49. The van der Waals surface area contributed by atoms with E-state index in [1.807, 2.05) is 24.3 Å². The van der Waals surface area contributed by atoms with Gasteiger partial charge in [0, 0.05) is 18.0 Å². The van der Waals surface area contributed by atoms with Crippen LogP contribution in [0.2, 0.25) is 0 Å². The highest BCUT2D eigenvalue weighted by Crippen LogP contribution is 2.22. The van der Waals surface area contributed by atoms with Crippen molar-refractivity contribution in [3.8, 4) is 5.69 Å². The Morgan fingerprint density at radius 3 is 2.15 bits per heavy atom. The molecule has 4 nitrogen and oxygen atoms in total. The van der Waals surface area contributed by atoms with Crippen LogP contribution < -0.4 is 5.56 Å². The van der Waals surface area contributed by atoms with Gasteiger partial charge >= 0.3 is 5.97 Å². The molecule has 1 N–H and O–H groups in total. The van der Waals surface area contributed by atoms with Crippen molar-refractivity contribution in [3.63, 3.8) is 0 Å². The van der Waals surface area contributed by atoms with Crippen molar-refractivity contribution in [2.24, 2.45) is 0 Å². The van der Waals surface area contributed by atoms with Crippen molar-refractivity contribution >= 4 is 5.97 Å². The van der Waals surface area contributed by atoms with E-state index in [1.54, 1.807) is 0 Å². The SMILES string of the molecule is CC(C)(C)c1ccc(-n2cc(C(=O)O)ccc2=O)cc1. The lowest BCUT2D eigenvalue weighted by molar-refractivity contribution is 0.0696. The molecule has 0 fully saturated rings. The fourth-order valence-corrected chi connectivity index (χ4v) is 1.94. The first-order valence-electron chi connectivity index (χ1n) is 6.36. The number of aromatic nitrogens is 1. The fourth-order valence-electron chi connectivity index (χ4n) is 1.94. The summed E-state index contributed by atoms with van der Waals surface area (Å²) < 4.78 is 1.34. The number of nitrogens with zero attached hydrogens (tertiary/aromatic N) is 1. The molecule has 0 amide bonds. The van der Waals surface area contributed by atoms with Gasteiger partial charge in [0.2, 0.25) is 0 Å². The number of benzene rings is 1. The summed E-state index contributed by atoms with van der Waals surface area (Å²) in [7, 11) is 0. The van der Waals surface area contributed by atoms with Crippen molar-refractivity contribution in [2.45, 2.75) is 26.2 Å². The number of carboxylic acid groups (broad SMARTS) is 1. The third-order valence-electron chi connectivity index (χ3n) is 3.17. The maximum absolute atomic E-state index is 11.8. The molecule has 104 valence electrons. The summed E-state index contributed by atoms with van der Waals surface area (Å²) in [5, 5.41) is 8.98. The van der Waals surface area contributed by atoms with Crippen molar-refractivity contribution in [1.29, 1.82) is 0 Å². The molecule has 0 aliphatic heterocycles. The van der Waals surface area contributed by atoms with Gasteiger partial charge in [-0.25, -0.2) is 4.79 Å². The highest BCUT2D eigenvalue weighted by molar-refractivity contribution is 5.87. The predicted molar refractivity (Wildman–Crippen MR) is 77.7 cm³/mol. The number of carbonyl (C=O) groups is 1. The smallest absolute Gasteiger partial charge is 0.337 e. The summed E-state index contributed by atoms with van der Waals surface area (Å²) >= 11 is 0. The van der Waals surface area contributed by atoms with Gasteiger partial charge in [0.05, 0.1) is 5.56 Å². The molecule has 1 heterocycles. The second-order valence-corrected chi connectivity index (χ2v) is 5.73. The largest absolute Gasteiger partial charge is 0.478 e. The van der Waals surface area contributed by atoms with Gasteiger partial charge in [0.25, 0.3) is 5.56 Å². The van der Waals surface area contributed by atoms with Crippen LogP contribution in [0.25, 0.3) is 5.69 Å². The van der Waals surface area contributed by atoms with Crippen LogP contribution in [-0.4, -0.2) is 15.6 Å². The minimum Gasteiger partial charge on any atom is -0.478 e. The van der Waals surface area contributed by atoms with Gasteiger partial charge in [-0.3, -0.25) is 9.36 Å². The molecule has 1 aromatic carbocycles. The lowest BCUT2D eigenvalue weighted by Gasteiger charge is -2.19. The average Bonchev–Trinajstić information content (AvgIpc) is 2.38. The number of pyridine rings is 1. The molecule has 2 rings (SSSR count). The zero-order valence-electron chi connectivity index (χ0n) is 11.8. The zero-order chi connectivity index (χ0) is 14.9. The van der Waals surface area contributed by atoms with Crippen LogP contribution in [0.3, 0.4) is 0 Å². The molecule has 20 heavy (non-hydrogen) atoms. The second kappa shape index (κ2) is 4.96. The monoisotopic (exact) mass is 271 g/mol. The molecule has 0 atom stereocenters. The van der Waals surface area contributed by atoms with Gasteiger partial charge in [-0.05, 0) is 29.2 Å². The molecule has 0 spiro atoms. The molecule has 0 aliphatic rings. The maximum Gasteiger partial charge on any atom is 0.337 e. The van der Waals surface area contributed by atoms with Crippen LogP contribution in [0.5, 0.6) is 0 Å². The van der Waals surface area contributed by atoms with Crippen molar-refractivity contribution in [2.75, 3.05) is 0 Å². The van der Waals surface area contributed by atoms with Gasteiger partial charge in [-0.1, -0.05) is 32.9 Å². The van der Waals surface area contributed by atoms with Crippen LogP contribution in [0.15, 0.2) is 47.4 Å². The highest BCUT2D eigenvalue weighted by Gasteiger charge is 2.13. The van der Waals surface area contributed by atoms with Gasteiger partial charge in [0.1, 0.15) is 0 Å². The lowest BCUT2D eigenvalue weighted by atomic mass is 9.87. The van der Waals surface area contributed by atoms with E-state index in [2.05, 4.69) is 20.8 Å². The Hall–Kier alpha value is -2.36. The topological polar surface area (TPSA) is 59.3 Å². The fraction of sp³-hybridized carbons (Fsp3) is 0.250. The highest BCUT2D eigenvalue weighted by atomic mass is 16.4. The first-order chi connectivity index (χ1) is 9.29. The normalized spacial score (nSPS) is 11.3. The Morgan fingerprint density at radius 1 is 1.05 bits per heavy atom.